The lowest BCUT2D eigenvalue weighted by Gasteiger charge is -2.15. The van der Waals surface area contributed by atoms with Crippen LogP contribution < -0.4 is 4.72 Å². The predicted octanol–water partition coefficient (Wildman–Crippen LogP) is 1.82. The van der Waals surface area contributed by atoms with Crippen molar-refractivity contribution in [3.8, 4) is 0 Å². The fourth-order valence-corrected chi connectivity index (χ4v) is 3.41. The van der Waals surface area contributed by atoms with E-state index in [0.29, 0.717) is 0 Å². The summed E-state index contributed by atoms with van der Waals surface area (Å²) in [6, 6.07) is 9.43. The number of carboxylic acids is 1. The summed E-state index contributed by atoms with van der Waals surface area (Å²) in [5.41, 5.74) is 0.969. The number of carbonyl (C=O) groups is 1. The fourth-order valence-electron chi connectivity index (χ4n) is 1.91. The molecule has 2 N–H and O–H groups in total. The first-order chi connectivity index (χ1) is 9.30. The Morgan fingerprint density at radius 2 is 1.85 bits per heavy atom. The number of carboxylic acid groups (broad SMARTS) is 1. The van der Waals surface area contributed by atoms with Crippen LogP contribution in [0, 0.1) is 5.92 Å². The fraction of sp³-hybridized carbons (Fsp3) is 0.500. The van der Waals surface area contributed by atoms with Gasteiger partial charge in [-0.2, -0.15) is 0 Å². The van der Waals surface area contributed by atoms with Gasteiger partial charge < -0.3 is 5.11 Å². The van der Waals surface area contributed by atoms with Gasteiger partial charge in [0.2, 0.25) is 10.0 Å². The van der Waals surface area contributed by atoms with E-state index in [1.54, 1.807) is 6.92 Å². The number of rotatable bonds is 8. The van der Waals surface area contributed by atoms with Crippen LogP contribution in [0.2, 0.25) is 0 Å². The average Bonchev–Trinajstić information content (AvgIpc) is 2.36. The van der Waals surface area contributed by atoms with E-state index >= 15 is 0 Å². The normalized spacial score (nSPS) is 14.7. The topological polar surface area (TPSA) is 83.5 Å². The molecule has 6 heteroatoms. The van der Waals surface area contributed by atoms with Gasteiger partial charge >= 0.3 is 5.97 Å². The number of aliphatic carboxylic acids is 1. The molecular weight excluding hydrogens is 278 g/mol. The molecule has 0 saturated carbocycles. The smallest absolute Gasteiger partial charge is 0.303 e. The van der Waals surface area contributed by atoms with Crippen LogP contribution >= 0.6 is 0 Å². The van der Waals surface area contributed by atoms with Crippen molar-refractivity contribution in [2.75, 3.05) is 12.3 Å². The maximum Gasteiger partial charge on any atom is 0.303 e. The zero-order chi connectivity index (χ0) is 15.2. The van der Waals surface area contributed by atoms with Gasteiger partial charge in [-0.15, -0.1) is 0 Å². The van der Waals surface area contributed by atoms with Crippen LogP contribution in [0.15, 0.2) is 30.3 Å². The van der Waals surface area contributed by atoms with Gasteiger partial charge in [0.1, 0.15) is 0 Å². The molecule has 0 aliphatic carbocycles. The standard InChI is InChI=1S/C14H21NO4S/c1-11(8-14(16)17)9-15-20(18,19)10-12(2)13-6-4-3-5-7-13/h3-7,11-12,15H,8-10H2,1-2H3,(H,16,17). The van der Waals surface area contributed by atoms with Gasteiger partial charge in [-0.1, -0.05) is 44.2 Å². The molecule has 0 fully saturated rings. The van der Waals surface area contributed by atoms with Crippen molar-refractivity contribution in [1.29, 1.82) is 0 Å². The molecule has 0 bridgehead atoms. The zero-order valence-electron chi connectivity index (χ0n) is 11.7. The highest BCUT2D eigenvalue weighted by atomic mass is 32.2. The van der Waals surface area contributed by atoms with Crippen molar-refractivity contribution >= 4 is 16.0 Å². The molecule has 0 aliphatic heterocycles. The van der Waals surface area contributed by atoms with E-state index in [9.17, 15) is 13.2 Å². The molecule has 0 heterocycles. The number of hydrogen-bond donors (Lipinski definition) is 2. The number of sulfonamides is 1. The molecular formula is C14H21NO4S. The van der Waals surface area contributed by atoms with Gasteiger partial charge in [-0.3, -0.25) is 4.79 Å². The van der Waals surface area contributed by atoms with Gasteiger partial charge in [0.05, 0.1) is 5.75 Å². The molecule has 0 aliphatic rings. The Morgan fingerprint density at radius 1 is 1.25 bits per heavy atom. The molecule has 5 nitrogen and oxygen atoms in total. The summed E-state index contributed by atoms with van der Waals surface area (Å²) in [7, 11) is -3.40. The molecule has 2 atom stereocenters. The van der Waals surface area contributed by atoms with Crippen molar-refractivity contribution < 1.29 is 18.3 Å². The molecule has 20 heavy (non-hydrogen) atoms. The SMILES string of the molecule is CC(CNS(=O)(=O)CC(C)c1ccccc1)CC(=O)O. The van der Waals surface area contributed by atoms with E-state index in [4.69, 9.17) is 5.11 Å². The van der Waals surface area contributed by atoms with Gasteiger partial charge in [0, 0.05) is 13.0 Å². The summed E-state index contributed by atoms with van der Waals surface area (Å²) in [6.45, 7) is 3.71. The molecule has 112 valence electrons. The van der Waals surface area contributed by atoms with Crippen LogP contribution in [0.3, 0.4) is 0 Å². The minimum absolute atomic E-state index is 0.00317. The van der Waals surface area contributed by atoms with Gasteiger partial charge in [-0.25, -0.2) is 13.1 Å². The third-order valence-electron chi connectivity index (χ3n) is 3.01. The van der Waals surface area contributed by atoms with Crippen LogP contribution in [0.1, 0.15) is 31.7 Å². The monoisotopic (exact) mass is 299 g/mol. The maximum absolute atomic E-state index is 11.9. The molecule has 1 rings (SSSR count). The van der Waals surface area contributed by atoms with Crippen LogP contribution in [-0.2, 0) is 14.8 Å². The van der Waals surface area contributed by atoms with Gasteiger partial charge in [-0.05, 0) is 17.4 Å². The number of hydrogen-bond acceptors (Lipinski definition) is 3. The molecule has 0 amide bonds. The van der Waals surface area contributed by atoms with Crippen molar-refractivity contribution in [2.45, 2.75) is 26.2 Å². The highest BCUT2D eigenvalue weighted by molar-refractivity contribution is 7.89. The summed E-state index contributed by atoms with van der Waals surface area (Å²) in [4.78, 5) is 10.5. The molecule has 0 radical (unpaired) electrons. The van der Waals surface area contributed by atoms with Crippen LogP contribution in [0.5, 0.6) is 0 Å². The van der Waals surface area contributed by atoms with E-state index in [2.05, 4.69) is 4.72 Å². The van der Waals surface area contributed by atoms with Gasteiger partial charge in [0.15, 0.2) is 0 Å². The van der Waals surface area contributed by atoms with E-state index in [1.807, 2.05) is 37.3 Å². The number of nitrogens with one attached hydrogen (secondary N) is 1. The zero-order valence-corrected chi connectivity index (χ0v) is 12.6. The van der Waals surface area contributed by atoms with Crippen LogP contribution in [0.4, 0.5) is 0 Å². The van der Waals surface area contributed by atoms with Crippen molar-refractivity contribution in [2.24, 2.45) is 5.92 Å². The Balaban J connectivity index is 2.51. The van der Waals surface area contributed by atoms with Crippen LogP contribution in [-0.4, -0.2) is 31.8 Å². The molecule has 0 saturated heterocycles. The summed E-state index contributed by atoms with van der Waals surface area (Å²) in [6.07, 6.45) is -0.0449. The van der Waals surface area contributed by atoms with Crippen molar-refractivity contribution in [3.63, 3.8) is 0 Å². The lowest BCUT2D eigenvalue weighted by atomic mass is 10.0. The second-order valence-electron chi connectivity index (χ2n) is 5.14. The maximum atomic E-state index is 11.9. The Morgan fingerprint density at radius 3 is 2.40 bits per heavy atom. The largest absolute Gasteiger partial charge is 0.481 e. The Bertz CT molecular complexity index is 527. The van der Waals surface area contributed by atoms with E-state index in [-0.39, 0.29) is 30.6 Å². The molecule has 2 unspecified atom stereocenters. The molecule has 1 aromatic rings. The first kappa shape index (κ1) is 16.7. The summed E-state index contributed by atoms with van der Waals surface area (Å²) in [5.74, 6) is -1.26. The third kappa shape index (κ3) is 6.16. The second kappa shape index (κ2) is 7.40. The Kier molecular flexibility index (Phi) is 6.16. The Labute approximate surface area is 120 Å². The van der Waals surface area contributed by atoms with Gasteiger partial charge in [0.25, 0.3) is 0 Å². The Hall–Kier alpha value is -1.40. The highest BCUT2D eigenvalue weighted by Gasteiger charge is 2.18. The average molecular weight is 299 g/mol. The summed E-state index contributed by atoms with van der Waals surface area (Å²) in [5, 5.41) is 8.63. The minimum atomic E-state index is -3.40. The van der Waals surface area contributed by atoms with Crippen LogP contribution in [0.25, 0.3) is 0 Å². The quantitative estimate of drug-likeness (QED) is 0.767. The molecule has 1 aromatic carbocycles. The minimum Gasteiger partial charge on any atom is -0.481 e. The first-order valence-electron chi connectivity index (χ1n) is 6.54. The van der Waals surface area contributed by atoms with E-state index in [1.165, 1.54) is 0 Å². The van der Waals surface area contributed by atoms with E-state index < -0.39 is 16.0 Å². The lowest BCUT2D eigenvalue weighted by molar-refractivity contribution is -0.137. The molecule has 0 spiro atoms. The summed E-state index contributed by atoms with van der Waals surface area (Å²) < 4.78 is 26.4. The van der Waals surface area contributed by atoms with Crippen molar-refractivity contribution in [1.82, 2.24) is 4.72 Å². The highest BCUT2D eigenvalue weighted by Crippen LogP contribution is 2.16. The lowest BCUT2D eigenvalue weighted by Crippen LogP contribution is -2.32. The van der Waals surface area contributed by atoms with Crippen molar-refractivity contribution in [3.05, 3.63) is 35.9 Å². The predicted molar refractivity (Wildman–Crippen MR) is 78.1 cm³/mol. The van der Waals surface area contributed by atoms with E-state index in [0.717, 1.165) is 5.56 Å². The molecule has 0 aromatic heterocycles. The summed E-state index contributed by atoms with van der Waals surface area (Å²) >= 11 is 0. The third-order valence-corrected chi connectivity index (χ3v) is 4.56. The number of benzene rings is 1. The second-order valence-corrected chi connectivity index (χ2v) is 7.00. The first-order valence-corrected chi connectivity index (χ1v) is 8.19.